The Kier molecular flexibility index (Phi) is 5.39. The molecule has 1 saturated heterocycles. The molecule has 146 valence electrons. The standard InChI is InChI=1S/C22H25FN4O/c1-16-19(18-6-2-7-20(23)22(18)25-16)13-21(28)27-10-4-9-26(11-12-27)15-17-5-3-8-24-14-17/h2-3,5-8,14,25H,4,9-13,15H2,1H3. The van der Waals surface area contributed by atoms with Crippen molar-refractivity contribution < 1.29 is 9.18 Å². The third-order valence-corrected chi connectivity index (χ3v) is 5.50. The first kappa shape index (κ1) is 18.6. The van der Waals surface area contributed by atoms with Crippen molar-refractivity contribution in [1.29, 1.82) is 0 Å². The first-order chi connectivity index (χ1) is 13.6. The van der Waals surface area contributed by atoms with Crippen LogP contribution in [0.5, 0.6) is 0 Å². The Labute approximate surface area is 164 Å². The zero-order valence-corrected chi connectivity index (χ0v) is 16.1. The summed E-state index contributed by atoms with van der Waals surface area (Å²) in [7, 11) is 0. The van der Waals surface area contributed by atoms with Crippen LogP contribution in [0.1, 0.15) is 23.2 Å². The first-order valence-electron chi connectivity index (χ1n) is 9.76. The minimum absolute atomic E-state index is 0.108. The van der Waals surface area contributed by atoms with Gasteiger partial charge in [-0.3, -0.25) is 14.7 Å². The monoisotopic (exact) mass is 380 g/mol. The lowest BCUT2D eigenvalue weighted by Gasteiger charge is -2.22. The highest BCUT2D eigenvalue weighted by molar-refractivity contribution is 5.90. The highest BCUT2D eigenvalue weighted by Gasteiger charge is 2.22. The fourth-order valence-corrected chi connectivity index (χ4v) is 3.99. The number of aryl methyl sites for hydroxylation is 1. The van der Waals surface area contributed by atoms with Crippen molar-refractivity contribution in [1.82, 2.24) is 19.8 Å². The van der Waals surface area contributed by atoms with E-state index in [4.69, 9.17) is 0 Å². The number of carbonyl (C=O) groups is 1. The Morgan fingerprint density at radius 1 is 1.18 bits per heavy atom. The van der Waals surface area contributed by atoms with Crippen molar-refractivity contribution >= 4 is 16.8 Å². The first-order valence-corrected chi connectivity index (χ1v) is 9.76. The summed E-state index contributed by atoms with van der Waals surface area (Å²) in [6.07, 6.45) is 4.93. The number of nitrogens with zero attached hydrogens (tertiary/aromatic N) is 3. The number of aromatic nitrogens is 2. The summed E-state index contributed by atoms with van der Waals surface area (Å²) in [6.45, 7) is 6.06. The van der Waals surface area contributed by atoms with Crippen molar-refractivity contribution in [3.05, 3.63) is 65.4 Å². The molecule has 0 aliphatic carbocycles. The quantitative estimate of drug-likeness (QED) is 0.756. The number of carbonyl (C=O) groups excluding carboxylic acids is 1. The van der Waals surface area contributed by atoms with Crippen molar-refractivity contribution in [2.24, 2.45) is 0 Å². The molecule has 1 N–H and O–H groups in total. The number of benzene rings is 1. The van der Waals surface area contributed by atoms with E-state index in [0.29, 0.717) is 11.9 Å². The number of para-hydroxylation sites is 1. The molecule has 1 amide bonds. The maximum Gasteiger partial charge on any atom is 0.227 e. The second-order valence-corrected chi connectivity index (χ2v) is 7.44. The number of aromatic amines is 1. The molecule has 0 spiro atoms. The molecule has 1 fully saturated rings. The number of rotatable bonds is 4. The van der Waals surface area contributed by atoms with Gasteiger partial charge in [-0.25, -0.2) is 4.39 Å². The van der Waals surface area contributed by atoms with Crippen LogP contribution in [0.25, 0.3) is 10.9 Å². The van der Waals surface area contributed by atoms with Gasteiger partial charge in [0.25, 0.3) is 0 Å². The van der Waals surface area contributed by atoms with Crippen LogP contribution in [0.3, 0.4) is 0 Å². The van der Waals surface area contributed by atoms with E-state index in [1.165, 1.54) is 11.6 Å². The summed E-state index contributed by atoms with van der Waals surface area (Å²) in [6, 6.07) is 9.05. The van der Waals surface area contributed by atoms with E-state index in [0.717, 1.165) is 55.8 Å². The number of fused-ring (bicyclic) bond motifs is 1. The minimum atomic E-state index is -0.278. The fraction of sp³-hybridized carbons (Fsp3) is 0.364. The smallest absolute Gasteiger partial charge is 0.227 e. The van der Waals surface area contributed by atoms with E-state index >= 15 is 0 Å². The second kappa shape index (κ2) is 8.10. The molecule has 0 radical (unpaired) electrons. The molecule has 1 aliphatic heterocycles. The molecule has 2 aromatic heterocycles. The Bertz CT molecular complexity index is 969. The molecular formula is C22H25FN4O. The van der Waals surface area contributed by atoms with E-state index < -0.39 is 0 Å². The molecule has 0 saturated carbocycles. The molecule has 0 atom stereocenters. The van der Waals surface area contributed by atoms with Crippen LogP contribution in [-0.4, -0.2) is 51.9 Å². The van der Waals surface area contributed by atoms with Crippen molar-refractivity contribution in [3.63, 3.8) is 0 Å². The van der Waals surface area contributed by atoms with Gasteiger partial charge in [-0.15, -0.1) is 0 Å². The Morgan fingerprint density at radius 3 is 2.89 bits per heavy atom. The Hall–Kier alpha value is -2.73. The van der Waals surface area contributed by atoms with Crippen molar-refractivity contribution in [3.8, 4) is 0 Å². The van der Waals surface area contributed by atoms with Crippen LogP contribution < -0.4 is 0 Å². The predicted octanol–water partition coefficient (Wildman–Crippen LogP) is 3.29. The van der Waals surface area contributed by atoms with E-state index in [2.05, 4.69) is 20.9 Å². The van der Waals surface area contributed by atoms with Crippen LogP contribution in [-0.2, 0) is 17.8 Å². The minimum Gasteiger partial charge on any atom is -0.356 e. The number of amides is 1. The SMILES string of the molecule is Cc1[nH]c2c(F)cccc2c1CC(=O)N1CCCN(Cc2cccnc2)CC1. The maximum absolute atomic E-state index is 14.0. The lowest BCUT2D eigenvalue weighted by molar-refractivity contribution is -0.130. The largest absolute Gasteiger partial charge is 0.356 e. The number of halogens is 1. The van der Waals surface area contributed by atoms with Crippen molar-refractivity contribution in [2.75, 3.05) is 26.2 Å². The summed E-state index contributed by atoms with van der Waals surface area (Å²) in [5.74, 6) is -0.170. The molecule has 0 bridgehead atoms. The number of hydrogen-bond donors (Lipinski definition) is 1. The summed E-state index contributed by atoms with van der Waals surface area (Å²) in [5, 5.41) is 0.805. The summed E-state index contributed by atoms with van der Waals surface area (Å²) < 4.78 is 14.0. The van der Waals surface area contributed by atoms with E-state index in [-0.39, 0.29) is 11.7 Å². The molecule has 1 aromatic carbocycles. The topological polar surface area (TPSA) is 52.2 Å². The van der Waals surface area contributed by atoms with Gasteiger partial charge in [-0.2, -0.15) is 0 Å². The van der Waals surface area contributed by atoms with E-state index in [9.17, 15) is 9.18 Å². The lowest BCUT2D eigenvalue weighted by Crippen LogP contribution is -2.36. The molecule has 5 nitrogen and oxygen atoms in total. The normalized spacial score (nSPS) is 15.7. The highest BCUT2D eigenvalue weighted by atomic mass is 19.1. The van der Waals surface area contributed by atoms with Crippen LogP contribution >= 0.6 is 0 Å². The van der Waals surface area contributed by atoms with Crippen LogP contribution in [0, 0.1) is 12.7 Å². The van der Waals surface area contributed by atoms with Crippen LogP contribution in [0.15, 0.2) is 42.7 Å². The van der Waals surface area contributed by atoms with Gasteiger partial charge < -0.3 is 9.88 Å². The van der Waals surface area contributed by atoms with E-state index in [1.807, 2.05) is 30.2 Å². The van der Waals surface area contributed by atoms with Gasteiger partial charge in [0.2, 0.25) is 5.91 Å². The van der Waals surface area contributed by atoms with Crippen molar-refractivity contribution in [2.45, 2.75) is 26.3 Å². The molecule has 0 unspecified atom stereocenters. The van der Waals surface area contributed by atoms with Gasteiger partial charge in [0.1, 0.15) is 5.82 Å². The molecule has 6 heteroatoms. The average Bonchev–Trinajstić information content (AvgIpc) is 2.87. The van der Waals surface area contributed by atoms with Crippen LogP contribution in [0.2, 0.25) is 0 Å². The summed E-state index contributed by atoms with van der Waals surface area (Å²) in [4.78, 5) is 24.5. The number of nitrogens with one attached hydrogen (secondary N) is 1. The second-order valence-electron chi connectivity index (χ2n) is 7.44. The Balaban J connectivity index is 1.42. The molecular weight excluding hydrogens is 355 g/mol. The third kappa shape index (κ3) is 3.92. The number of pyridine rings is 1. The van der Waals surface area contributed by atoms with Gasteiger partial charge in [-0.05, 0) is 36.6 Å². The van der Waals surface area contributed by atoms with Gasteiger partial charge in [0.15, 0.2) is 0 Å². The highest BCUT2D eigenvalue weighted by Crippen LogP contribution is 2.25. The van der Waals surface area contributed by atoms with Crippen LogP contribution in [0.4, 0.5) is 4.39 Å². The molecule has 4 rings (SSSR count). The number of hydrogen-bond acceptors (Lipinski definition) is 3. The lowest BCUT2D eigenvalue weighted by atomic mass is 10.1. The zero-order chi connectivity index (χ0) is 19.5. The van der Waals surface area contributed by atoms with Gasteiger partial charge in [0.05, 0.1) is 11.9 Å². The molecule has 28 heavy (non-hydrogen) atoms. The summed E-state index contributed by atoms with van der Waals surface area (Å²) >= 11 is 0. The predicted molar refractivity (Wildman–Crippen MR) is 107 cm³/mol. The number of H-pyrrole nitrogens is 1. The van der Waals surface area contributed by atoms with Gasteiger partial charge >= 0.3 is 0 Å². The molecule has 3 aromatic rings. The van der Waals surface area contributed by atoms with Gasteiger partial charge in [0, 0.05) is 56.2 Å². The van der Waals surface area contributed by atoms with E-state index in [1.54, 1.807) is 12.3 Å². The van der Waals surface area contributed by atoms with Gasteiger partial charge in [-0.1, -0.05) is 18.2 Å². The molecule has 3 heterocycles. The average molecular weight is 380 g/mol. The maximum atomic E-state index is 14.0. The zero-order valence-electron chi connectivity index (χ0n) is 16.1. The third-order valence-electron chi connectivity index (χ3n) is 5.50. The summed E-state index contributed by atoms with van der Waals surface area (Å²) in [5.41, 5.74) is 3.44. The fourth-order valence-electron chi connectivity index (χ4n) is 3.99. The molecule has 1 aliphatic rings. The Morgan fingerprint density at radius 2 is 2.07 bits per heavy atom.